The van der Waals surface area contributed by atoms with Gasteiger partial charge in [-0.3, -0.25) is 0 Å². The van der Waals surface area contributed by atoms with Gasteiger partial charge in [-0.25, -0.2) is 0 Å². The van der Waals surface area contributed by atoms with Crippen molar-refractivity contribution in [1.82, 2.24) is 5.32 Å². The van der Waals surface area contributed by atoms with E-state index in [9.17, 15) is 13.2 Å². The van der Waals surface area contributed by atoms with Crippen LogP contribution in [0.15, 0.2) is 54.6 Å². The van der Waals surface area contributed by atoms with E-state index in [1.165, 1.54) is 12.1 Å². The molecule has 2 aromatic carbocycles. The Balaban J connectivity index is 2.12. The SMILES string of the molecule is CC(N[C@H](C)c1ccccc1)c1cccc(C(F)(F)F)c1. The van der Waals surface area contributed by atoms with E-state index in [4.69, 9.17) is 0 Å². The number of rotatable bonds is 4. The van der Waals surface area contributed by atoms with Crippen molar-refractivity contribution in [1.29, 1.82) is 0 Å². The molecular weight excluding hydrogens is 275 g/mol. The van der Waals surface area contributed by atoms with Crippen molar-refractivity contribution in [3.05, 3.63) is 71.3 Å². The van der Waals surface area contributed by atoms with Gasteiger partial charge in [0.1, 0.15) is 0 Å². The summed E-state index contributed by atoms with van der Waals surface area (Å²) in [5.74, 6) is 0. The second kappa shape index (κ2) is 6.31. The summed E-state index contributed by atoms with van der Waals surface area (Å²) in [5, 5.41) is 3.32. The maximum absolute atomic E-state index is 12.7. The quantitative estimate of drug-likeness (QED) is 0.825. The number of nitrogens with one attached hydrogen (secondary N) is 1. The normalized spacial score (nSPS) is 14.7. The molecule has 0 amide bonds. The summed E-state index contributed by atoms with van der Waals surface area (Å²) in [6, 6.07) is 15.2. The Morgan fingerprint density at radius 3 is 2.00 bits per heavy atom. The molecule has 21 heavy (non-hydrogen) atoms. The molecule has 1 unspecified atom stereocenters. The average molecular weight is 293 g/mol. The molecule has 112 valence electrons. The lowest BCUT2D eigenvalue weighted by atomic mass is 10.0. The monoisotopic (exact) mass is 293 g/mol. The fourth-order valence-electron chi connectivity index (χ4n) is 2.29. The molecule has 0 saturated heterocycles. The minimum Gasteiger partial charge on any atom is -0.304 e. The van der Waals surface area contributed by atoms with Gasteiger partial charge in [0.05, 0.1) is 5.56 Å². The van der Waals surface area contributed by atoms with E-state index in [1.807, 2.05) is 44.2 Å². The van der Waals surface area contributed by atoms with Crippen molar-refractivity contribution < 1.29 is 13.2 Å². The zero-order valence-electron chi connectivity index (χ0n) is 12.0. The summed E-state index contributed by atoms with van der Waals surface area (Å²) in [6.45, 7) is 3.87. The van der Waals surface area contributed by atoms with Crippen molar-refractivity contribution in [3.63, 3.8) is 0 Å². The maximum Gasteiger partial charge on any atom is 0.416 e. The molecular formula is C17H18F3N. The van der Waals surface area contributed by atoms with Crippen LogP contribution in [0.3, 0.4) is 0 Å². The molecule has 0 bridgehead atoms. The summed E-state index contributed by atoms with van der Waals surface area (Å²) in [6.07, 6.45) is -4.30. The molecule has 0 aromatic heterocycles. The highest BCUT2D eigenvalue weighted by molar-refractivity contribution is 5.28. The second-order valence-corrected chi connectivity index (χ2v) is 5.14. The van der Waals surface area contributed by atoms with Crippen LogP contribution in [0.1, 0.15) is 42.6 Å². The molecule has 2 rings (SSSR count). The number of benzene rings is 2. The van der Waals surface area contributed by atoms with E-state index in [-0.39, 0.29) is 12.1 Å². The van der Waals surface area contributed by atoms with E-state index in [0.717, 1.165) is 11.6 Å². The first-order valence-corrected chi connectivity index (χ1v) is 6.86. The van der Waals surface area contributed by atoms with Crippen LogP contribution in [0.2, 0.25) is 0 Å². The Kier molecular flexibility index (Phi) is 4.68. The molecule has 0 aliphatic carbocycles. The Labute approximate surface area is 122 Å². The van der Waals surface area contributed by atoms with Crippen molar-refractivity contribution in [2.45, 2.75) is 32.1 Å². The van der Waals surface area contributed by atoms with E-state index in [0.29, 0.717) is 5.56 Å². The first-order chi connectivity index (χ1) is 9.88. The third-order valence-electron chi connectivity index (χ3n) is 3.51. The first kappa shape index (κ1) is 15.6. The highest BCUT2D eigenvalue weighted by atomic mass is 19.4. The van der Waals surface area contributed by atoms with Crippen LogP contribution in [0.25, 0.3) is 0 Å². The standard InChI is InChI=1S/C17H18F3N/c1-12(14-7-4-3-5-8-14)21-13(2)15-9-6-10-16(11-15)17(18,19)20/h3-13,21H,1-2H3/t12-,13?/m1/s1. The zero-order chi connectivity index (χ0) is 15.5. The van der Waals surface area contributed by atoms with Crippen molar-refractivity contribution in [2.24, 2.45) is 0 Å². The van der Waals surface area contributed by atoms with Crippen molar-refractivity contribution in [2.75, 3.05) is 0 Å². The third-order valence-corrected chi connectivity index (χ3v) is 3.51. The van der Waals surface area contributed by atoms with Gasteiger partial charge in [-0.1, -0.05) is 42.5 Å². The maximum atomic E-state index is 12.7. The van der Waals surface area contributed by atoms with Gasteiger partial charge in [-0.15, -0.1) is 0 Å². The van der Waals surface area contributed by atoms with E-state index in [2.05, 4.69) is 5.32 Å². The number of halogens is 3. The predicted octanol–water partition coefficient (Wildman–Crippen LogP) is 5.12. The Hall–Kier alpha value is -1.81. The van der Waals surface area contributed by atoms with Crippen molar-refractivity contribution in [3.8, 4) is 0 Å². The molecule has 1 nitrogen and oxygen atoms in total. The van der Waals surface area contributed by atoms with Crippen LogP contribution in [0.4, 0.5) is 13.2 Å². The average Bonchev–Trinajstić information content (AvgIpc) is 2.47. The molecule has 0 aliphatic heterocycles. The Morgan fingerprint density at radius 1 is 0.810 bits per heavy atom. The fraction of sp³-hybridized carbons (Fsp3) is 0.294. The number of hydrogen-bond acceptors (Lipinski definition) is 1. The molecule has 0 fully saturated rings. The van der Waals surface area contributed by atoms with Gasteiger partial charge < -0.3 is 5.32 Å². The molecule has 1 N–H and O–H groups in total. The summed E-state index contributed by atoms with van der Waals surface area (Å²) >= 11 is 0. The molecule has 0 heterocycles. The molecule has 0 aliphatic rings. The van der Waals surface area contributed by atoms with E-state index >= 15 is 0 Å². The molecule has 2 aromatic rings. The molecule has 0 radical (unpaired) electrons. The van der Waals surface area contributed by atoms with Gasteiger partial charge in [0.15, 0.2) is 0 Å². The fourth-order valence-corrected chi connectivity index (χ4v) is 2.29. The van der Waals surface area contributed by atoms with E-state index in [1.54, 1.807) is 6.07 Å². The van der Waals surface area contributed by atoms with Crippen LogP contribution in [-0.4, -0.2) is 0 Å². The lowest BCUT2D eigenvalue weighted by Crippen LogP contribution is -2.22. The van der Waals surface area contributed by atoms with Gasteiger partial charge in [-0.2, -0.15) is 13.2 Å². The lowest BCUT2D eigenvalue weighted by Gasteiger charge is -2.21. The van der Waals surface area contributed by atoms with Gasteiger partial charge >= 0.3 is 6.18 Å². The van der Waals surface area contributed by atoms with Gasteiger partial charge in [0.25, 0.3) is 0 Å². The third kappa shape index (κ3) is 4.08. The summed E-state index contributed by atoms with van der Waals surface area (Å²) in [7, 11) is 0. The largest absolute Gasteiger partial charge is 0.416 e. The highest BCUT2D eigenvalue weighted by Gasteiger charge is 2.30. The summed E-state index contributed by atoms with van der Waals surface area (Å²) in [4.78, 5) is 0. The zero-order valence-corrected chi connectivity index (χ0v) is 12.0. The molecule has 0 spiro atoms. The minimum atomic E-state index is -4.30. The number of hydrogen-bond donors (Lipinski definition) is 1. The van der Waals surface area contributed by atoms with Crippen LogP contribution in [0, 0.1) is 0 Å². The lowest BCUT2D eigenvalue weighted by molar-refractivity contribution is -0.137. The Bertz CT molecular complexity index is 578. The van der Waals surface area contributed by atoms with Gasteiger partial charge in [0, 0.05) is 12.1 Å². The second-order valence-electron chi connectivity index (χ2n) is 5.14. The molecule has 4 heteroatoms. The highest BCUT2D eigenvalue weighted by Crippen LogP contribution is 2.31. The minimum absolute atomic E-state index is 0.0655. The van der Waals surface area contributed by atoms with Gasteiger partial charge in [-0.05, 0) is 37.1 Å². The van der Waals surface area contributed by atoms with Crippen LogP contribution in [-0.2, 0) is 6.18 Å². The van der Waals surface area contributed by atoms with Gasteiger partial charge in [0.2, 0.25) is 0 Å². The van der Waals surface area contributed by atoms with Crippen molar-refractivity contribution >= 4 is 0 Å². The summed E-state index contributed by atoms with van der Waals surface area (Å²) in [5.41, 5.74) is 1.13. The number of alkyl halides is 3. The molecule has 2 atom stereocenters. The van der Waals surface area contributed by atoms with E-state index < -0.39 is 11.7 Å². The topological polar surface area (TPSA) is 12.0 Å². The molecule has 0 saturated carbocycles. The van der Waals surface area contributed by atoms with Crippen LogP contribution >= 0.6 is 0 Å². The smallest absolute Gasteiger partial charge is 0.304 e. The first-order valence-electron chi connectivity index (χ1n) is 6.86. The predicted molar refractivity (Wildman–Crippen MR) is 77.9 cm³/mol. The summed E-state index contributed by atoms with van der Waals surface area (Å²) < 4.78 is 38.2. The Morgan fingerprint density at radius 2 is 1.38 bits per heavy atom. The van der Waals surface area contributed by atoms with Crippen LogP contribution < -0.4 is 5.32 Å². The van der Waals surface area contributed by atoms with Crippen LogP contribution in [0.5, 0.6) is 0 Å².